The summed E-state index contributed by atoms with van der Waals surface area (Å²) in [6, 6.07) is 5.83. The van der Waals surface area contributed by atoms with Crippen molar-refractivity contribution in [3.8, 4) is 0 Å². The van der Waals surface area contributed by atoms with E-state index in [4.69, 9.17) is 0 Å². The van der Waals surface area contributed by atoms with Crippen LogP contribution in [0.4, 0.5) is 10.1 Å². The van der Waals surface area contributed by atoms with Gasteiger partial charge in [0.25, 0.3) is 0 Å². The summed E-state index contributed by atoms with van der Waals surface area (Å²) in [4.78, 5) is 16.3. The molecule has 0 bridgehead atoms. The SMILES string of the molecule is O=C(CSc1n[nH]c(CC2CCCC2)n1)Nc1cccc(F)c1. The van der Waals surface area contributed by atoms with E-state index in [1.807, 2.05) is 0 Å². The number of hydrogen-bond donors (Lipinski definition) is 2. The predicted octanol–water partition coefficient (Wildman–Crippen LogP) is 3.41. The van der Waals surface area contributed by atoms with Crippen molar-refractivity contribution in [1.29, 1.82) is 0 Å². The zero-order valence-electron chi connectivity index (χ0n) is 12.7. The first-order valence-electron chi connectivity index (χ1n) is 7.78. The number of aromatic amines is 1. The van der Waals surface area contributed by atoms with Gasteiger partial charge in [0.15, 0.2) is 0 Å². The van der Waals surface area contributed by atoms with Crippen molar-refractivity contribution in [1.82, 2.24) is 15.2 Å². The Bertz CT molecular complexity index is 670. The second-order valence-corrected chi connectivity index (χ2v) is 6.71. The summed E-state index contributed by atoms with van der Waals surface area (Å²) in [7, 11) is 0. The molecular formula is C16H19FN4OS. The second kappa shape index (κ2) is 7.59. The van der Waals surface area contributed by atoms with E-state index in [1.54, 1.807) is 12.1 Å². The van der Waals surface area contributed by atoms with Crippen molar-refractivity contribution in [2.24, 2.45) is 5.92 Å². The van der Waals surface area contributed by atoms with Gasteiger partial charge in [0, 0.05) is 12.1 Å². The number of nitrogens with one attached hydrogen (secondary N) is 2. The molecule has 1 aliphatic carbocycles. The van der Waals surface area contributed by atoms with Gasteiger partial charge in [-0.2, -0.15) is 0 Å². The third kappa shape index (κ3) is 4.79. The number of amides is 1. The van der Waals surface area contributed by atoms with E-state index in [2.05, 4.69) is 20.5 Å². The van der Waals surface area contributed by atoms with Gasteiger partial charge < -0.3 is 5.32 Å². The first-order valence-corrected chi connectivity index (χ1v) is 8.77. The Hall–Kier alpha value is -1.89. The van der Waals surface area contributed by atoms with E-state index in [0.717, 1.165) is 12.2 Å². The van der Waals surface area contributed by atoms with Gasteiger partial charge >= 0.3 is 0 Å². The number of carbonyl (C=O) groups is 1. The maximum Gasteiger partial charge on any atom is 0.234 e. The molecule has 2 N–H and O–H groups in total. The number of thioether (sulfide) groups is 1. The molecule has 1 aromatic heterocycles. The largest absolute Gasteiger partial charge is 0.325 e. The number of aromatic nitrogens is 3. The summed E-state index contributed by atoms with van der Waals surface area (Å²) in [6.45, 7) is 0. The van der Waals surface area contributed by atoms with Crippen LogP contribution < -0.4 is 5.32 Å². The lowest BCUT2D eigenvalue weighted by Crippen LogP contribution is -2.14. The van der Waals surface area contributed by atoms with E-state index in [-0.39, 0.29) is 17.5 Å². The molecule has 1 saturated carbocycles. The summed E-state index contributed by atoms with van der Waals surface area (Å²) in [5, 5.41) is 10.3. The highest BCUT2D eigenvalue weighted by atomic mass is 32.2. The Kier molecular flexibility index (Phi) is 5.27. The first-order chi connectivity index (χ1) is 11.2. The molecule has 0 unspecified atom stereocenters. The van der Waals surface area contributed by atoms with Crippen LogP contribution in [-0.4, -0.2) is 26.8 Å². The Morgan fingerprint density at radius 2 is 2.22 bits per heavy atom. The van der Waals surface area contributed by atoms with Gasteiger partial charge in [-0.15, -0.1) is 5.10 Å². The third-order valence-electron chi connectivity index (χ3n) is 3.91. The molecule has 0 radical (unpaired) electrons. The molecule has 2 aromatic rings. The van der Waals surface area contributed by atoms with E-state index in [0.29, 0.717) is 16.8 Å². The summed E-state index contributed by atoms with van der Waals surface area (Å²) in [5.74, 6) is 1.21. The normalized spacial score (nSPS) is 15.0. The van der Waals surface area contributed by atoms with Crippen molar-refractivity contribution in [3.63, 3.8) is 0 Å². The number of rotatable bonds is 6. The van der Waals surface area contributed by atoms with Crippen molar-refractivity contribution in [2.75, 3.05) is 11.1 Å². The zero-order valence-corrected chi connectivity index (χ0v) is 13.5. The molecule has 1 aromatic carbocycles. The molecule has 7 heteroatoms. The smallest absolute Gasteiger partial charge is 0.234 e. The fourth-order valence-corrected chi connectivity index (χ4v) is 3.43. The standard InChI is InChI=1S/C16H19FN4OS/c17-12-6-3-7-13(9-12)18-15(22)10-23-16-19-14(20-21-16)8-11-4-1-2-5-11/h3,6-7,9,11H,1-2,4-5,8,10H2,(H,18,22)(H,19,20,21). The van der Waals surface area contributed by atoms with Crippen LogP contribution in [0.2, 0.25) is 0 Å². The molecule has 1 amide bonds. The lowest BCUT2D eigenvalue weighted by atomic mass is 10.0. The fourth-order valence-electron chi connectivity index (χ4n) is 2.81. The molecule has 5 nitrogen and oxygen atoms in total. The minimum absolute atomic E-state index is 0.192. The number of hydrogen-bond acceptors (Lipinski definition) is 4. The molecular weight excluding hydrogens is 315 g/mol. The topological polar surface area (TPSA) is 70.7 Å². The fraction of sp³-hybridized carbons (Fsp3) is 0.438. The molecule has 0 aliphatic heterocycles. The van der Waals surface area contributed by atoms with Gasteiger partial charge in [0.05, 0.1) is 5.75 Å². The molecule has 0 saturated heterocycles. The number of halogens is 1. The van der Waals surface area contributed by atoms with Crippen LogP contribution in [0.5, 0.6) is 0 Å². The Labute approximate surface area is 138 Å². The van der Waals surface area contributed by atoms with Gasteiger partial charge in [0.1, 0.15) is 11.6 Å². The van der Waals surface area contributed by atoms with Gasteiger partial charge in [-0.3, -0.25) is 9.89 Å². The maximum atomic E-state index is 13.1. The number of anilines is 1. The number of benzene rings is 1. The summed E-state index contributed by atoms with van der Waals surface area (Å²) in [6.07, 6.45) is 6.07. The van der Waals surface area contributed by atoms with Crippen LogP contribution in [-0.2, 0) is 11.2 Å². The number of carbonyl (C=O) groups excluding carboxylic acids is 1. The summed E-state index contributed by atoms with van der Waals surface area (Å²) in [5.41, 5.74) is 0.451. The zero-order chi connectivity index (χ0) is 16.1. The van der Waals surface area contributed by atoms with E-state index < -0.39 is 0 Å². The molecule has 122 valence electrons. The van der Waals surface area contributed by atoms with Crippen molar-refractivity contribution >= 4 is 23.4 Å². The molecule has 1 aliphatic rings. The van der Waals surface area contributed by atoms with Crippen LogP contribution in [0.3, 0.4) is 0 Å². The minimum Gasteiger partial charge on any atom is -0.325 e. The highest BCUT2D eigenvalue weighted by Crippen LogP contribution is 2.27. The predicted molar refractivity (Wildman–Crippen MR) is 87.8 cm³/mol. The molecule has 1 fully saturated rings. The number of H-pyrrole nitrogens is 1. The highest BCUT2D eigenvalue weighted by molar-refractivity contribution is 7.99. The minimum atomic E-state index is -0.374. The molecule has 3 rings (SSSR count). The quantitative estimate of drug-likeness (QED) is 0.794. The van der Waals surface area contributed by atoms with E-state index in [1.165, 1.54) is 49.6 Å². The summed E-state index contributed by atoms with van der Waals surface area (Å²) < 4.78 is 13.1. The van der Waals surface area contributed by atoms with Crippen LogP contribution >= 0.6 is 11.8 Å². The average molecular weight is 334 g/mol. The van der Waals surface area contributed by atoms with Gasteiger partial charge in [-0.1, -0.05) is 43.5 Å². The van der Waals surface area contributed by atoms with Gasteiger partial charge in [-0.05, 0) is 24.1 Å². The van der Waals surface area contributed by atoms with Crippen LogP contribution in [0.25, 0.3) is 0 Å². The maximum absolute atomic E-state index is 13.1. The van der Waals surface area contributed by atoms with E-state index in [9.17, 15) is 9.18 Å². The van der Waals surface area contributed by atoms with Crippen molar-refractivity contribution in [3.05, 3.63) is 35.9 Å². The summed E-state index contributed by atoms with van der Waals surface area (Å²) >= 11 is 1.27. The van der Waals surface area contributed by atoms with E-state index >= 15 is 0 Å². The van der Waals surface area contributed by atoms with Crippen molar-refractivity contribution < 1.29 is 9.18 Å². The van der Waals surface area contributed by atoms with Crippen molar-refractivity contribution in [2.45, 2.75) is 37.3 Å². The Balaban J connectivity index is 1.46. The van der Waals surface area contributed by atoms with Crippen LogP contribution in [0, 0.1) is 11.7 Å². The first kappa shape index (κ1) is 16.0. The molecule has 23 heavy (non-hydrogen) atoms. The lowest BCUT2D eigenvalue weighted by Gasteiger charge is -2.04. The van der Waals surface area contributed by atoms with Gasteiger partial charge in [0.2, 0.25) is 11.1 Å². The van der Waals surface area contributed by atoms with Gasteiger partial charge in [-0.25, -0.2) is 9.37 Å². The van der Waals surface area contributed by atoms with Crippen LogP contribution in [0.15, 0.2) is 29.4 Å². The average Bonchev–Trinajstić information content (AvgIpc) is 3.18. The lowest BCUT2D eigenvalue weighted by molar-refractivity contribution is -0.113. The Morgan fingerprint density at radius 1 is 1.39 bits per heavy atom. The monoisotopic (exact) mass is 334 g/mol. The molecule has 0 spiro atoms. The van der Waals surface area contributed by atoms with Crippen LogP contribution in [0.1, 0.15) is 31.5 Å². The molecule has 1 heterocycles. The number of nitrogens with zero attached hydrogens (tertiary/aromatic N) is 2. The third-order valence-corrected chi connectivity index (χ3v) is 4.76. The highest BCUT2D eigenvalue weighted by Gasteiger charge is 2.17. The Morgan fingerprint density at radius 3 is 3.00 bits per heavy atom. The molecule has 0 atom stereocenters. The second-order valence-electron chi connectivity index (χ2n) is 5.77.